The maximum Gasteiger partial charge on any atom is 0.289 e. The second-order valence-corrected chi connectivity index (χ2v) is 5.78. The number of H-pyrrole nitrogens is 1. The zero-order chi connectivity index (χ0) is 15.2. The predicted molar refractivity (Wildman–Crippen MR) is 78.0 cm³/mol. The Labute approximate surface area is 127 Å². The van der Waals surface area contributed by atoms with Crippen LogP contribution in [-0.2, 0) is 4.79 Å². The van der Waals surface area contributed by atoms with Crippen LogP contribution in [0.3, 0.4) is 0 Å². The first-order valence-electron chi connectivity index (χ1n) is 6.72. The van der Waals surface area contributed by atoms with Crippen LogP contribution >= 0.6 is 11.8 Å². The average Bonchev–Trinajstić information content (AvgIpc) is 2.53. The molecular formula is C14H16N5OS+. The summed E-state index contributed by atoms with van der Waals surface area (Å²) in [7, 11) is 0. The molecule has 1 aromatic heterocycles. The molecule has 2 heterocycles. The van der Waals surface area contributed by atoms with Crippen molar-refractivity contribution in [3.05, 3.63) is 17.2 Å². The van der Waals surface area contributed by atoms with E-state index in [2.05, 4.69) is 4.98 Å². The van der Waals surface area contributed by atoms with Gasteiger partial charge in [0.05, 0.1) is 5.75 Å². The van der Waals surface area contributed by atoms with Gasteiger partial charge in [0.1, 0.15) is 23.3 Å². The quantitative estimate of drug-likeness (QED) is 0.836. The Hall–Kier alpha value is -2.25. The van der Waals surface area contributed by atoms with Crippen LogP contribution in [0.15, 0.2) is 11.1 Å². The van der Waals surface area contributed by atoms with Crippen molar-refractivity contribution in [2.24, 2.45) is 0 Å². The smallest absolute Gasteiger partial charge is 0.289 e. The van der Waals surface area contributed by atoms with Gasteiger partial charge in [-0.25, -0.2) is 4.98 Å². The molecule has 0 spiro atoms. The second kappa shape index (κ2) is 6.96. The number of rotatable bonds is 3. The minimum Gasteiger partial charge on any atom is -0.342 e. The molecule has 21 heavy (non-hydrogen) atoms. The second-order valence-electron chi connectivity index (χ2n) is 4.79. The van der Waals surface area contributed by atoms with Crippen molar-refractivity contribution < 1.29 is 9.78 Å². The minimum atomic E-state index is 0.0694. The predicted octanol–water partition coefficient (Wildman–Crippen LogP) is 0.931. The highest BCUT2D eigenvalue weighted by atomic mass is 32.2. The molecule has 6 nitrogen and oxygen atoms in total. The van der Waals surface area contributed by atoms with Crippen molar-refractivity contribution >= 4 is 23.5 Å². The molecule has 0 bridgehead atoms. The van der Waals surface area contributed by atoms with E-state index < -0.39 is 0 Å². The lowest BCUT2D eigenvalue weighted by molar-refractivity contribution is -0.410. The molecular weight excluding hydrogens is 286 g/mol. The highest BCUT2D eigenvalue weighted by Gasteiger charge is 2.19. The van der Waals surface area contributed by atoms with Crippen molar-refractivity contribution in [2.45, 2.75) is 24.3 Å². The molecule has 0 unspecified atom stereocenters. The van der Waals surface area contributed by atoms with Crippen LogP contribution in [0.25, 0.3) is 0 Å². The number of likely N-dealkylation sites (tertiary alicyclic amines) is 1. The normalized spacial score (nSPS) is 14.3. The fourth-order valence-corrected chi connectivity index (χ4v) is 3.10. The molecule has 0 radical (unpaired) electrons. The number of anilines is 1. The molecule has 108 valence electrons. The van der Waals surface area contributed by atoms with Crippen LogP contribution in [0.2, 0.25) is 0 Å². The summed E-state index contributed by atoms with van der Waals surface area (Å²) in [6, 6.07) is 5.38. The van der Waals surface area contributed by atoms with Crippen molar-refractivity contribution in [3.63, 3.8) is 0 Å². The third-order valence-electron chi connectivity index (χ3n) is 3.36. The number of nitrogens with one attached hydrogen (secondary N) is 1. The lowest BCUT2D eigenvalue weighted by atomic mass is 10.1. The molecule has 3 N–H and O–H groups in total. The third kappa shape index (κ3) is 3.65. The number of carbonyl (C=O) groups is 1. The molecule has 2 rings (SSSR count). The summed E-state index contributed by atoms with van der Waals surface area (Å²) in [6.07, 6.45) is 3.28. The van der Waals surface area contributed by atoms with E-state index in [0.717, 1.165) is 25.9 Å². The highest BCUT2D eigenvalue weighted by Crippen LogP contribution is 2.21. The van der Waals surface area contributed by atoms with Gasteiger partial charge in [-0.1, -0.05) is 11.8 Å². The van der Waals surface area contributed by atoms with E-state index in [1.165, 1.54) is 24.2 Å². The van der Waals surface area contributed by atoms with Crippen LogP contribution in [-0.4, -0.2) is 29.6 Å². The number of nitrogens with two attached hydrogens (primary N) is 1. The topological polar surface area (TPSA) is 108 Å². The van der Waals surface area contributed by atoms with Gasteiger partial charge in [0.2, 0.25) is 5.91 Å². The Morgan fingerprint density at radius 2 is 1.95 bits per heavy atom. The molecule has 1 aliphatic rings. The summed E-state index contributed by atoms with van der Waals surface area (Å²) >= 11 is 1.25. The average molecular weight is 302 g/mol. The van der Waals surface area contributed by atoms with Gasteiger partial charge in [0.25, 0.3) is 5.82 Å². The fourth-order valence-electron chi connectivity index (χ4n) is 2.20. The Balaban J connectivity index is 2.06. The van der Waals surface area contributed by atoms with E-state index >= 15 is 0 Å². The van der Waals surface area contributed by atoms with Gasteiger partial charge in [0.15, 0.2) is 5.03 Å². The molecule has 0 saturated carbocycles. The van der Waals surface area contributed by atoms with E-state index in [4.69, 9.17) is 16.3 Å². The van der Waals surface area contributed by atoms with Gasteiger partial charge in [-0.2, -0.15) is 10.5 Å². The Bertz CT molecular complexity index is 625. The number of piperidine rings is 1. The molecule has 1 amide bonds. The summed E-state index contributed by atoms with van der Waals surface area (Å²) in [6.45, 7) is 1.62. The van der Waals surface area contributed by atoms with Gasteiger partial charge in [-0.15, -0.1) is 0 Å². The van der Waals surface area contributed by atoms with Crippen molar-refractivity contribution in [2.75, 3.05) is 24.6 Å². The number of carbonyl (C=O) groups excluding carboxylic acids is 1. The molecule has 1 saturated heterocycles. The van der Waals surface area contributed by atoms with Gasteiger partial charge >= 0.3 is 0 Å². The van der Waals surface area contributed by atoms with Crippen LogP contribution in [0.4, 0.5) is 5.82 Å². The lowest BCUT2D eigenvalue weighted by Gasteiger charge is -2.26. The number of hydrogen-bond donors (Lipinski definition) is 1. The zero-order valence-electron chi connectivity index (χ0n) is 11.6. The lowest BCUT2D eigenvalue weighted by Crippen LogP contribution is -2.36. The molecule has 0 aliphatic carbocycles. The van der Waals surface area contributed by atoms with Gasteiger partial charge in [-0.05, 0) is 25.3 Å². The summed E-state index contributed by atoms with van der Waals surface area (Å²) in [5.74, 6) is 0.542. The summed E-state index contributed by atoms with van der Waals surface area (Å²) in [4.78, 5) is 16.8. The van der Waals surface area contributed by atoms with E-state index in [0.29, 0.717) is 10.6 Å². The number of nitrogen functional groups attached to an aromatic ring is 1. The minimum absolute atomic E-state index is 0.0694. The molecule has 1 aliphatic heterocycles. The van der Waals surface area contributed by atoms with Crippen LogP contribution in [0.1, 0.15) is 30.4 Å². The number of nitrogens with zero attached hydrogens (tertiary/aromatic N) is 3. The van der Waals surface area contributed by atoms with Crippen molar-refractivity contribution in [1.82, 2.24) is 4.90 Å². The van der Waals surface area contributed by atoms with Gasteiger partial charge in [0, 0.05) is 13.1 Å². The van der Waals surface area contributed by atoms with Crippen LogP contribution in [0, 0.1) is 22.7 Å². The van der Waals surface area contributed by atoms with Gasteiger partial charge in [-0.3, -0.25) is 10.5 Å². The Kier molecular flexibility index (Phi) is 5.02. The first kappa shape index (κ1) is 15.1. The van der Waals surface area contributed by atoms with Crippen molar-refractivity contribution in [3.8, 4) is 12.1 Å². The van der Waals surface area contributed by atoms with Crippen molar-refractivity contribution in [1.29, 1.82) is 10.5 Å². The standard InChI is InChI=1S/C14H15N5OS/c15-7-10-6-11(8-16)14(18-13(10)17)21-9-12(20)19-4-2-1-3-5-19/h6H,1-5,9H2,(H2,17,18)/p+1. The first-order valence-corrected chi connectivity index (χ1v) is 7.71. The van der Waals surface area contributed by atoms with Crippen LogP contribution in [0.5, 0.6) is 0 Å². The number of aromatic amines is 1. The SMILES string of the molecule is N#Cc1cc(C#N)c(SCC(=O)N2CCCCC2)[nH+]c1N. The van der Waals surface area contributed by atoms with E-state index in [1.54, 1.807) is 0 Å². The number of nitriles is 2. The van der Waals surface area contributed by atoms with E-state index in [-0.39, 0.29) is 23.0 Å². The van der Waals surface area contributed by atoms with E-state index in [9.17, 15) is 4.79 Å². The zero-order valence-corrected chi connectivity index (χ0v) is 12.4. The van der Waals surface area contributed by atoms with Gasteiger partial charge < -0.3 is 4.90 Å². The monoisotopic (exact) mass is 302 g/mol. The Morgan fingerprint density at radius 1 is 1.29 bits per heavy atom. The molecule has 7 heteroatoms. The maximum atomic E-state index is 12.1. The number of pyridine rings is 1. The summed E-state index contributed by atoms with van der Waals surface area (Å²) < 4.78 is 0. The number of amides is 1. The highest BCUT2D eigenvalue weighted by molar-refractivity contribution is 7.99. The number of thioether (sulfide) groups is 1. The molecule has 1 aromatic rings. The molecule has 0 aromatic carbocycles. The number of aromatic nitrogens is 1. The Morgan fingerprint density at radius 3 is 2.57 bits per heavy atom. The summed E-state index contributed by atoms with van der Waals surface area (Å²) in [5.41, 5.74) is 6.27. The van der Waals surface area contributed by atoms with Crippen LogP contribution < -0.4 is 10.7 Å². The summed E-state index contributed by atoms with van der Waals surface area (Å²) in [5, 5.41) is 18.5. The third-order valence-corrected chi connectivity index (χ3v) is 4.36. The van der Waals surface area contributed by atoms with E-state index in [1.807, 2.05) is 17.0 Å². The number of hydrogen-bond acceptors (Lipinski definition) is 5. The fraction of sp³-hybridized carbons (Fsp3) is 0.429. The largest absolute Gasteiger partial charge is 0.342 e. The first-order chi connectivity index (χ1) is 10.2. The molecule has 1 fully saturated rings. The molecule has 0 atom stereocenters. The maximum absolute atomic E-state index is 12.1.